The number of hydrogen-bond acceptors (Lipinski definition) is 1. The topological polar surface area (TPSA) is 26.0 Å². The summed E-state index contributed by atoms with van der Waals surface area (Å²) in [5, 5.41) is 0. The summed E-state index contributed by atoms with van der Waals surface area (Å²) < 4.78 is 0. The smallest absolute Gasteiger partial charge is 0.0162 e. The van der Waals surface area contributed by atoms with Crippen molar-refractivity contribution in [2.24, 2.45) is 17.1 Å². The van der Waals surface area contributed by atoms with Gasteiger partial charge in [0.05, 0.1) is 0 Å². The maximum absolute atomic E-state index is 6.51. The summed E-state index contributed by atoms with van der Waals surface area (Å²) >= 11 is 0. The van der Waals surface area contributed by atoms with Crippen LogP contribution < -0.4 is 5.73 Å². The summed E-state index contributed by atoms with van der Waals surface area (Å²) in [7, 11) is 0. The van der Waals surface area contributed by atoms with E-state index in [1.54, 1.807) is 0 Å². The number of nitrogens with two attached hydrogens (primary N) is 1. The van der Waals surface area contributed by atoms with Gasteiger partial charge in [0.2, 0.25) is 0 Å². The molecule has 0 heterocycles. The molecule has 14 heavy (non-hydrogen) atoms. The minimum Gasteiger partial charge on any atom is -0.325 e. The molecule has 0 saturated heterocycles. The van der Waals surface area contributed by atoms with E-state index in [1.807, 2.05) is 0 Å². The van der Waals surface area contributed by atoms with Gasteiger partial charge in [-0.1, -0.05) is 40.5 Å². The van der Waals surface area contributed by atoms with Crippen molar-refractivity contribution in [1.82, 2.24) is 0 Å². The molecular formula is C13H27N. The van der Waals surface area contributed by atoms with E-state index in [9.17, 15) is 0 Å². The molecule has 0 aromatic heterocycles. The summed E-state index contributed by atoms with van der Waals surface area (Å²) in [6, 6.07) is 0. The molecule has 0 radical (unpaired) electrons. The molecule has 0 spiro atoms. The van der Waals surface area contributed by atoms with E-state index in [4.69, 9.17) is 5.73 Å². The standard InChI is InChI=1S/C13H27N/c1-5-11(2)9-13(14)8-6-7-12(3,4)10-13/h11H,5-10,14H2,1-4H3. The third kappa shape index (κ3) is 3.27. The predicted molar refractivity (Wildman–Crippen MR) is 63.2 cm³/mol. The molecule has 1 heteroatoms. The normalized spacial score (nSPS) is 34.1. The zero-order valence-electron chi connectivity index (χ0n) is 10.4. The van der Waals surface area contributed by atoms with Crippen LogP contribution in [0, 0.1) is 11.3 Å². The van der Waals surface area contributed by atoms with E-state index in [1.165, 1.54) is 38.5 Å². The lowest BCUT2D eigenvalue weighted by Crippen LogP contribution is -2.47. The highest BCUT2D eigenvalue weighted by molar-refractivity contribution is 4.94. The van der Waals surface area contributed by atoms with Crippen LogP contribution in [-0.2, 0) is 0 Å². The van der Waals surface area contributed by atoms with Crippen LogP contribution in [-0.4, -0.2) is 5.54 Å². The summed E-state index contributed by atoms with van der Waals surface area (Å²) in [6.45, 7) is 9.33. The lowest BCUT2D eigenvalue weighted by Gasteiger charge is -2.43. The lowest BCUT2D eigenvalue weighted by molar-refractivity contribution is 0.130. The molecule has 84 valence electrons. The molecule has 0 aromatic rings. The van der Waals surface area contributed by atoms with Crippen molar-refractivity contribution in [2.75, 3.05) is 0 Å². The van der Waals surface area contributed by atoms with E-state index in [2.05, 4.69) is 27.7 Å². The number of hydrogen-bond donors (Lipinski definition) is 1. The van der Waals surface area contributed by atoms with Crippen LogP contribution in [0.1, 0.15) is 66.2 Å². The average Bonchev–Trinajstić information content (AvgIpc) is 2.00. The van der Waals surface area contributed by atoms with E-state index < -0.39 is 0 Å². The Hall–Kier alpha value is -0.0400. The molecule has 0 aromatic carbocycles. The molecule has 2 unspecified atom stereocenters. The van der Waals surface area contributed by atoms with Crippen molar-refractivity contribution < 1.29 is 0 Å². The first-order valence-corrected chi connectivity index (χ1v) is 6.16. The van der Waals surface area contributed by atoms with Gasteiger partial charge >= 0.3 is 0 Å². The third-order valence-corrected chi connectivity index (χ3v) is 3.81. The first-order valence-electron chi connectivity index (χ1n) is 6.16. The molecule has 1 aliphatic rings. The second-order valence-electron chi connectivity index (χ2n) is 6.27. The fourth-order valence-electron chi connectivity index (χ4n) is 3.06. The van der Waals surface area contributed by atoms with Crippen LogP contribution in [0.4, 0.5) is 0 Å². The van der Waals surface area contributed by atoms with E-state index >= 15 is 0 Å². The van der Waals surface area contributed by atoms with Crippen LogP contribution in [0.15, 0.2) is 0 Å². The third-order valence-electron chi connectivity index (χ3n) is 3.81. The second-order valence-corrected chi connectivity index (χ2v) is 6.27. The Morgan fingerprint density at radius 3 is 2.43 bits per heavy atom. The molecule has 1 fully saturated rings. The molecule has 0 bridgehead atoms. The van der Waals surface area contributed by atoms with Crippen molar-refractivity contribution in [1.29, 1.82) is 0 Å². The van der Waals surface area contributed by atoms with Crippen LogP contribution >= 0.6 is 0 Å². The summed E-state index contributed by atoms with van der Waals surface area (Å²) in [6.07, 6.45) is 7.60. The van der Waals surface area contributed by atoms with Gasteiger partial charge in [0.25, 0.3) is 0 Å². The van der Waals surface area contributed by atoms with Crippen molar-refractivity contribution in [3.8, 4) is 0 Å². The maximum Gasteiger partial charge on any atom is 0.0162 e. The van der Waals surface area contributed by atoms with Crippen molar-refractivity contribution in [3.63, 3.8) is 0 Å². The Morgan fingerprint density at radius 1 is 1.29 bits per heavy atom. The van der Waals surface area contributed by atoms with Gasteiger partial charge in [-0.3, -0.25) is 0 Å². The zero-order valence-corrected chi connectivity index (χ0v) is 10.4. The Kier molecular flexibility index (Phi) is 3.63. The Morgan fingerprint density at radius 2 is 1.93 bits per heavy atom. The van der Waals surface area contributed by atoms with Crippen LogP contribution in [0.5, 0.6) is 0 Å². The second kappa shape index (κ2) is 4.22. The summed E-state index contributed by atoms with van der Waals surface area (Å²) in [4.78, 5) is 0. The van der Waals surface area contributed by atoms with Crippen LogP contribution in [0.25, 0.3) is 0 Å². The molecule has 1 saturated carbocycles. The van der Waals surface area contributed by atoms with Gasteiger partial charge in [0.15, 0.2) is 0 Å². The summed E-state index contributed by atoms with van der Waals surface area (Å²) in [5.41, 5.74) is 7.12. The SMILES string of the molecule is CCC(C)CC1(N)CCCC(C)(C)C1. The fraction of sp³-hybridized carbons (Fsp3) is 1.00. The Labute approximate surface area is 89.5 Å². The van der Waals surface area contributed by atoms with Gasteiger partial charge in [-0.2, -0.15) is 0 Å². The highest BCUT2D eigenvalue weighted by Gasteiger charge is 2.37. The van der Waals surface area contributed by atoms with Gasteiger partial charge in [-0.15, -0.1) is 0 Å². The van der Waals surface area contributed by atoms with E-state index in [-0.39, 0.29) is 5.54 Å². The zero-order chi connectivity index (χ0) is 10.8. The van der Waals surface area contributed by atoms with Gasteiger partial charge in [0.1, 0.15) is 0 Å². The van der Waals surface area contributed by atoms with Gasteiger partial charge in [-0.25, -0.2) is 0 Å². The Bertz CT molecular complexity index is 186. The molecule has 2 N–H and O–H groups in total. The van der Waals surface area contributed by atoms with Gasteiger partial charge in [0, 0.05) is 5.54 Å². The van der Waals surface area contributed by atoms with E-state index in [0.29, 0.717) is 5.41 Å². The molecule has 0 amide bonds. The number of rotatable bonds is 3. The highest BCUT2D eigenvalue weighted by atomic mass is 14.8. The fourth-order valence-corrected chi connectivity index (χ4v) is 3.06. The van der Waals surface area contributed by atoms with Crippen molar-refractivity contribution >= 4 is 0 Å². The molecule has 0 aliphatic heterocycles. The molecule has 1 rings (SSSR count). The minimum absolute atomic E-state index is 0.136. The molecule has 2 atom stereocenters. The quantitative estimate of drug-likeness (QED) is 0.733. The Balaban J connectivity index is 2.55. The van der Waals surface area contributed by atoms with Crippen LogP contribution in [0.3, 0.4) is 0 Å². The maximum atomic E-state index is 6.51. The summed E-state index contributed by atoms with van der Waals surface area (Å²) in [5.74, 6) is 0.786. The first-order chi connectivity index (χ1) is 6.37. The minimum atomic E-state index is 0.136. The first kappa shape index (κ1) is 12.0. The molecule has 1 nitrogen and oxygen atoms in total. The van der Waals surface area contributed by atoms with Gasteiger partial charge < -0.3 is 5.73 Å². The van der Waals surface area contributed by atoms with Crippen molar-refractivity contribution in [3.05, 3.63) is 0 Å². The molecular weight excluding hydrogens is 170 g/mol. The van der Waals surface area contributed by atoms with Crippen LogP contribution in [0.2, 0.25) is 0 Å². The molecule has 1 aliphatic carbocycles. The predicted octanol–water partition coefficient (Wildman–Crippen LogP) is 3.72. The average molecular weight is 197 g/mol. The van der Waals surface area contributed by atoms with Crippen molar-refractivity contribution in [2.45, 2.75) is 71.8 Å². The lowest BCUT2D eigenvalue weighted by atomic mass is 9.66. The van der Waals surface area contributed by atoms with Gasteiger partial charge in [-0.05, 0) is 37.0 Å². The largest absolute Gasteiger partial charge is 0.325 e. The van der Waals surface area contributed by atoms with E-state index in [0.717, 1.165) is 5.92 Å². The highest BCUT2D eigenvalue weighted by Crippen LogP contribution is 2.42. The monoisotopic (exact) mass is 197 g/mol.